The van der Waals surface area contributed by atoms with Crippen molar-refractivity contribution >= 4 is 19.1 Å². The Morgan fingerprint density at radius 3 is 2.89 bits per heavy atom. The normalized spacial score (nSPS) is 13.9. The van der Waals surface area contributed by atoms with Gasteiger partial charge in [-0.25, -0.2) is 10.4 Å². The lowest BCUT2D eigenvalue weighted by Crippen LogP contribution is -2.35. The molecule has 0 aliphatic heterocycles. The van der Waals surface area contributed by atoms with E-state index in [0.717, 1.165) is 17.1 Å². The number of fused-ring (bicyclic) bond motifs is 1. The Morgan fingerprint density at radius 2 is 2.21 bits per heavy atom. The maximum atomic E-state index is 5.84. The number of pyridine rings is 1. The van der Waals surface area contributed by atoms with Gasteiger partial charge in [0, 0.05) is 32.5 Å². The molecule has 0 aliphatic carbocycles. The van der Waals surface area contributed by atoms with Crippen molar-refractivity contribution in [2.45, 2.75) is 32.0 Å². The fourth-order valence-corrected chi connectivity index (χ4v) is 2.59. The molecule has 1 atom stereocenters. The molecule has 0 aromatic carbocycles. The van der Waals surface area contributed by atoms with E-state index in [1.165, 1.54) is 0 Å². The number of nitrogens with two attached hydrogens (primary N) is 1. The third-order valence-electron chi connectivity index (χ3n) is 3.00. The lowest BCUT2D eigenvalue weighted by Gasteiger charge is -2.22. The van der Waals surface area contributed by atoms with Crippen molar-refractivity contribution in [3.8, 4) is 0 Å². The van der Waals surface area contributed by atoms with Crippen molar-refractivity contribution in [1.82, 2.24) is 15.0 Å². The summed E-state index contributed by atoms with van der Waals surface area (Å²) in [4.78, 5) is 4.36. The molecule has 2 aromatic rings. The Kier molecular flexibility index (Phi) is 4.36. The number of rotatable bonds is 6. The minimum atomic E-state index is -1.09. The first-order chi connectivity index (χ1) is 9.01. The van der Waals surface area contributed by atoms with E-state index in [2.05, 4.69) is 30.1 Å². The molecule has 2 rings (SSSR count). The molecule has 2 heterocycles. The van der Waals surface area contributed by atoms with E-state index < -0.39 is 8.07 Å². The van der Waals surface area contributed by atoms with Crippen molar-refractivity contribution in [2.24, 2.45) is 5.84 Å². The highest BCUT2D eigenvalue weighted by atomic mass is 28.3. The van der Waals surface area contributed by atoms with Crippen LogP contribution in [0.3, 0.4) is 0 Å². The van der Waals surface area contributed by atoms with Crippen molar-refractivity contribution in [3.63, 3.8) is 0 Å². The highest BCUT2D eigenvalue weighted by Crippen LogP contribution is 2.18. The molecule has 0 fully saturated rings. The zero-order valence-corrected chi connectivity index (χ0v) is 12.8. The standard InChI is InChI=1S/C13H22N4OSi/c1-19(2,3)10-9-18-13(16-14)17-8-6-11-5-4-7-15-12(11)17/h4-8,13,16H,9-10,14H2,1-3H3. The highest BCUT2D eigenvalue weighted by Gasteiger charge is 2.16. The quantitative estimate of drug-likeness (QED) is 0.368. The Labute approximate surface area is 114 Å². The van der Waals surface area contributed by atoms with Gasteiger partial charge in [0.1, 0.15) is 5.65 Å². The molecule has 3 N–H and O–H groups in total. The number of nitrogens with zero attached hydrogens (tertiary/aromatic N) is 2. The summed E-state index contributed by atoms with van der Waals surface area (Å²) in [6, 6.07) is 7.06. The third kappa shape index (κ3) is 3.63. The first kappa shape index (κ1) is 14.2. The molecule has 1 unspecified atom stereocenters. The van der Waals surface area contributed by atoms with Gasteiger partial charge in [-0.15, -0.1) is 0 Å². The van der Waals surface area contributed by atoms with Gasteiger partial charge in [0.15, 0.2) is 0 Å². The van der Waals surface area contributed by atoms with Gasteiger partial charge in [-0.2, -0.15) is 0 Å². The molecule has 104 valence electrons. The number of hydrogen-bond acceptors (Lipinski definition) is 4. The lowest BCUT2D eigenvalue weighted by molar-refractivity contribution is -0.0129. The van der Waals surface area contributed by atoms with Gasteiger partial charge in [-0.1, -0.05) is 19.6 Å². The molecule has 0 spiro atoms. The summed E-state index contributed by atoms with van der Waals surface area (Å²) >= 11 is 0. The van der Waals surface area contributed by atoms with Crippen LogP contribution < -0.4 is 11.3 Å². The van der Waals surface area contributed by atoms with Gasteiger partial charge in [0.2, 0.25) is 6.35 Å². The predicted octanol–water partition coefficient (Wildman–Crippen LogP) is 2.31. The van der Waals surface area contributed by atoms with E-state index in [4.69, 9.17) is 10.6 Å². The van der Waals surface area contributed by atoms with Crippen LogP contribution in [0.4, 0.5) is 0 Å². The van der Waals surface area contributed by atoms with Crippen molar-refractivity contribution < 1.29 is 4.74 Å². The lowest BCUT2D eigenvalue weighted by atomic mass is 10.3. The van der Waals surface area contributed by atoms with Crippen LogP contribution in [-0.2, 0) is 4.74 Å². The summed E-state index contributed by atoms with van der Waals surface area (Å²) in [6.07, 6.45) is 3.34. The Hall–Kier alpha value is -1.21. The summed E-state index contributed by atoms with van der Waals surface area (Å²) in [5, 5.41) is 1.08. The summed E-state index contributed by atoms with van der Waals surface area (Å²) in [5.74, 6) is 5.59. The van der Waals surface area contributed by atoms with Crippen LogP contribution in [0.2, 0.25) is 25.7 Å². The molecular formula is C13H22N4OSi. The number of nitrogens with one attached hydrogen (secondary N) is 1. The molecule has 0 saturated heterocycles. The maximum absolute atomic E-state index is 5.84. The number of aromatic nitrogens is 2. The fraction of sp³-hybridized carbons (Fsp3) is 0.462. The Morgan fingerprint density at radius 1 is 1.42 bits per heavy atom. The molecule has 0 aliphatic rings. The Balaban J connectivity index is 2.09. The minimum absolute atomic E-state index is 0.372. The maximum Gasteiger partial charge on any atom is 0.204 e. The second-order valence-electron chi connectivity index (χ2n) is 5.84. The van der Waals surface area contributed by atoms with Gasteiger partial charge in [-0.3, -0.25) is 10.4 Å². The zero-order valence-electron chi connectivity index (χ0n) is 11.8. The van der Waals surface area contributed by atoms with Crippen LogP contribution in [0.25, 0.3) is 11.0 Å². The molecule has 2 aromatic heterocycles. The third-order valence-corrected chi connectivity index (χ3v) is 4.70. The average molecular weight is 278 g/mol. The van der Waals surface area contributed by atoms with Gasteiger partial charge in [-0.05, 0) is 24.2 Å². The summed E-state index contributed by atoms with van der Waals surface area (Å²) in [7, 11) is -1.09. The van der Waals surface area contributed by atoms with Crippen molar-refractivity contribution in [1.29, 1.82) is 0 Å². The first-order valence-electron chi connectivity index (χ1n) is 6.50. The first-order valence-corrected chi connectivity index (χ1v) is 10.2. The van der Waals surface area contributed by atoms with E-state index in [0.29, 0.717) is 6.61 Å². The fourth-order valence-electron chi connectivity index (χ4n) is 1.86. The molecule has 19 heavy (non-hydrogen) atoms. The second kappa shape index (κ2) is 5.83. The Bertz CT molecular complexity index is 535. The monoisotopic (exact) mass is 278 g/mol. The molecule has 0 amide bonds. The minimum Gasteiger partial charge on any atom is -0.344 e. The van der Waals surface area contributed by atoms with E-state index in [9.17, 15) is 0 Å². The van der Waals surface area contributed by atoms with E-state index in [-0.39, 0.29) is 6.35 Å². The summed E-state index contributed by atoms with van der Waals surface area (Å²) in [6.45, 7) is 7.69. The largest absolute Gasteiger partial charge is 0.344 e. The van der Waals surface area contributed by atoms with Crippen LogP contribution in [-0.4, -0.2) is 24.2 Å². The van der Waals surface area contributed by atoms with Crippen LogP contribution >= 0.6 is 0 Å². The van der Waals surface area contributed by atoms with Gasteiger partial charge in [0.05, 0.1) is 0 Å². The molecular weight excluding hydrogens is 256 g/mol. The van der Waals surface area contributed by atoms with E-state index in [1.807, 2.05) is 29.0 Å². The van der Waals surface area contributed by atoms with Gasteiger partial charge >= 0.3 is 0 Å². The predicted molar refractivity (Wildman–Crippen MR) is 80.2 cm³/mol. The zero-order chi connectivity index (χ0) is 13.9. The summed E-state index contributed by atoms with van der Waals surface area (Å²) < 4.78 is 7.76. The molecule has 0 radical (unpaired) electrons. The van der Waals surface area contributed by atoms with Crippen LogP contribution in [0, 0.1) is 0 Å². The van der Waals surface area contributed by atoms with Gasteiger partial charge in [0.25, 0.3) is 0 Å². The molecule has 5 nitrogen and oxygen atoms in total. The van der Waals surface area contributed by atoms with Crippen LogP contribution in [0.5, 0.6) is 0 Å². The smallest absolute Gasteiger partial charge is 0.204 e. The summed E-state index contributed by atoms with van der Waals surface area (Å²) in [5.41, 5.74) is 3.57. The number of hydrogen-bond donors (Lipinski definition) is 2. The molecule has 0 saturated carbocycles. The highest BCUT2D eigenvalue weighted by molar-refractivity contribution is 6.76. The molecule has 0 bridgehead atoms. The van der Waals surface area contributed by atoms with Gasteiger partial charge < -0.3 is 4.74 Å². The topological polar surface area (TPSA) is 65.1 Å². The van der Waals surface area contributed by atoms with Crippen LogP contribution in [0.1, 0.15) is 6.35 Å². The average Bonchev–Trinajstić information content (AvgIpc) is 2.77. The second-order valence-corrected chi connectivity index (χ2v) is 11.5. The van der Waals surface area contributed by atoms with E-state index in [1.54, 1.807) is 6.20 Å². The number of hydrazine groups is 1. The molecule has 6 heteroatoms. The number of ether oxygens (including phenoxy) is 1. The van der Waals surface area contributed by atoms with E-state index >= 15 is 0 Å². The SMILES string of the molecule is C[Si](C)(C)CCOC(NN)n1ccc2cccnc21. The van der Waals surface area contributed by atoms with Crippen molar-refractivity contribution in [2.75, 3.05) is 6.61 Å². The van der Waals surface area contributed by atoms with Crippen LogP contribution in [0.15, 0.2) is 30.6 Å². The van der Waals surface area contributed by atoms with Crippen molar-refractivity contribution in [3.05, 3.63) is 30.6 Å².